The van der Waals surface area contributed by atoms with Gasteiger partial charge < -0.3 is 5.32 Å². The molecule has 146 valence electrons. The Bertz CT molecular complexity index is 1120. The van der Waals surface area contributed by atoms with Crippen LogP contribution in [0.2, 0.25) is 0 Å². The summed E-state index contributed by atoms with van der Waals surface area (Å²) in [5.41, 5.74) is 1.66. The maximum Gasteiger partial charge on any atom is 0.271 e. The summed E-state index contributed by atoms with van der Waals surface area (Å²) in [6.45, 7) is 1.73. The highest BCUT2D eigenvalue weighted by Crippen LogP contribution is 2.29. The van der Waals surface area contributed by atoms with E-state index < -0.39 is 16.9 Å². The molecule has 10 heteroatoms. The summed E-state index contributed by atoms with van der Waals surface area (Å²) in [4.78, 5) is 39.5. The summed E-state index contributed by atoms with van der Waals surface area (Å²) in [6, 6.07) is 12.6. The van der Waals surface area contributed by atoms with Crippen LogP contribution < -0.4 is 10.6 Å². The van der Waals surface area contributed by atoms with E-state index in [9.17, 15) is 19.7 Å². The van der Waals surface area contributed by atoms with Gasteiger partial charge in [0.05, 0.1) is 17.0 Å². The lowest BCUT2D eigenvalue weighted by molar-refractivity contribution is -0.384. The first-order valence-corrected chi connectivity index (χ1v) is 8.80. The van der Waals surface area contributed by atoms with Gasteiger partial charge >= 0.3 is 0 Å². The zero-order valence-corrected chi connectivity index (χ0v) is 15.3. The number of carbonyl (C=O) groups excluding carboxylic acids is 2. The quantitative estimate of drug-likeness (QED) is 0.507. The van der Waals surface area contributed by atoms with Crippen molar-refractivity contribution in [1.82, 2.24) is 14.8 Å². The van der Waals surface area contributed by atoms with Crippen molar-refractivity contribution in [1.29, 1.82) is 0 Å². The van der Waals surface area contributed by atoms with E-state index in [0.717, 1.165) is 5.56 Å². The first-order chi connectivity index (χ1) is 13.9. The highest BCUT2D eigenvalue weighted by molar-refractivity contribution is 6.01. The minimum absolute atomic E-state index is 0.129. The normalized spacial score (nSPS) is 14.9. The molecular weight excluding hydrogens is 376 g/mol. The van der Waals surface area contributed by atoms with Gasteiger partial charge in [-0.15, -0.1) is 5.10 Å². The Hall–Kier alpha value is -4.08. The Kier molecular flexibility index (Phi) is 4.51. The molecule has 0 spiro atoms. The molecule has 0 saturated carbocycles. The summed E-state index contributed by atoms with van der Waals surface area (Å²) in [5.74, 6) is -0.123. The van der Waals surface area contributed by atoms with Gasteiger partial charge in [-0.2, -0.15) is 4.98 Å². The maximum atomic E-state index is 12.5. The van der Waals surface area contributed by atoms with Crippen molar-refractivity contribution in [2.45, 2.75) is 19.4 Å². The van der Waals surface area contributed by atoms with E-state index in [1.54, 1.807) is 13.0 Å². The van der Waals surface area contributed by atoms with E-state index >= 15 is 0 Å². The van der Waals surface area contributed by atoms with Gasteiger partial charge in [0.25, 0.3) is 11.6 Å². The molecule has 3 aromatic rings. The average Bonchev–Trinajstić information content (AvgIpc) is 3.23. The number of aromatic nitrogens is 3. The van der Waals surface area contributed by atoms with Crippen LogP contribution in [0.4, 0.5) is 17.3 Å². The highest BCUT2D eigenvalue weighted by atomic mass is 16.6. The summed E-state index contributed by atoms with van der Waals surface area (Å²) in [7, 11) is 0. The van der Waals surface area contributed by atoms with Gasteiger partial charge in [-0.1, -0.05) is 36.4 Å². The van der Waals surface area contributed by atoms with Gasteiger partial charge in [-0.05, 0) is 12.5 Å². The smallest absolute Gasteiger partial charge is 0.271 e. The number of hydrogen-bond acceptors (Lipinski definition) is 6. The molecular formula is C19H16N6O4. The number of nitro benzene ring substituents is 1. The van der Waals surface area contributed by atoms with E-state index in [1.807, 2.05) is 30.3 Å². The Morgan fingerprint density at radius 3 is 2.76 bits per heavy atom. The topological polar surface area (TPSA) is 132 Å². The van der Waals surface area contributed by atoms with Crippen LogP contribution in [0.15, 0.2) is 48.5 Å². The molecule has 2 aromatic carbocycles. The number of fused-ring (bicyclic) bond motifs is 1. The molecule has 0 fully saturated rings. The number of anilines is 2. The van der Waals surface area contributed by atoms with Gasteiger partial charge in [0.15, 0.2) is 5.82 Å². The van der Waals surface area contributed by atoms with Crippen molar-refractivity contribution >= 4 is 29.1 Å². The average molecular weight is 392 g/mol. The molecule has 1 atom stereocenters. The number of aryl methyl sites for hydroxylation is 1. The van der Waals surface area contributed by atoms with Crippen LogP contribution >= 0.6 is 0 Å². The first-order valence-electron chi connectivity index (χ1n) is 8.80. The van der Waals surface area contributed by atoms with Crippen LogP contribution in [0.5, 0.6) is 0 Å². The van der Waals surface area contributed by atoms with Crippen molar-refractivity contribution in [3.8, 4) is 11.4 Å². The Labute approximate surface area is 164 Å². The second-order valence-electron chi connectivity index (χ2n) is 6.58. The summed E-state index contributed by atoms with van der Waals surface area (Å²) in [5, 5.41) is 20.6. The largest absolute Gasteiger partial charge is 0.326 e. The highest BCUT2D eigenvalue weighted by Gasteiger charge is 2.35. The molecule has 0 radical (unpaired) electrons. The van der Waals surface area contributed by atoms with E-state index in [-0.39, 0.29) is 24.0 Å². The lowest BCUT2D eigenvalue weighted by Crippen LogP contribution is -2.24. The zero-order chi connectivity index (χ0) is 20.5. The number of non-ortho nitro benzene ring substituents is 1. The molecule has 2 amide bonds. The molecule has 0 aliphatic carbocycles. The number of rotatable bonds is 5. The summed E-state index contributed by atoms with van der Waals surface area (Å²) in [6.07, 6.45) is -0.182. The number of carbonyl (C=O) groups is 2. The van der Waals surface area contributed by atoms with E-state index in [2.05, 4.69) is 20.7 Å². The SMILES string of the molecule is Cc1ccc([N+](=O)[O-])cc1NC(=O)C[C@H]1C(=O)Nc2nc(-c3ccccc3)nn21. The fourth-order valence-electron chi connectivity index (χ4n) is 3.05. The number of hydrogen-bond donors (Lipinski definition) is 2. The predicted molar refractivity (Wildman–Crippen MR) is 104 cm³/mol. The molecule has 0 unspecified atom stereocenters. The molecule has 2 heterocycles. The van der Waals surface area contributed by atoms with Gasteiger partial charge in [0, 0.05) is 17.7 Å². The van der Waals surface area contributed by atoms with Crippen molar-refractivity contribution in [3.63, 3.8) is 0 Å². The van der Waals surface area contributed by atoms with Gasteiger partial charge in [0.1, 0.15) is 6.04 Å². The van der Waals surface area contributed by atoms with Crippen molar-refractivity contribution < 1.29 is 14.5 Å². The zero-order valence-electron chi connectivity index (χ0n) is 15.3. The minimum atomic E-state index is -0.853. The standard InChI is InChI=1S/C19H16N6O4/c1-11-7-8-13(25(28)29)9-14(11)20-16(26)10-15-18(27)22-19-21-17(23-24(15)19)12-5-3-2-4-6-12/h2-9,15H,10H2,1H3,(H,20,26)(H,21,22,23,27)/t15-/m0/s1. The van der Waals surface area contributed by atoms with Crippen molar-refractivity contribution in [3.05, 3.63) is 64.2 Å². The van der Waals surface area contributed by atoms with Crippen LogP contribution in [-0.2, 0) is 9.59 Å². The summed E-state index contributed by atoms with van der Waals surface area (Å²) >= 11 is 0. The van der Waals surface area contributed by atoms with E-state index in [1.165, 1.54) is 16.8 Å². The number of nitrogens with zero attached hydrogens (tertiary/aromatic N) is 4. The second-order valence-corrected chi connectivity index (χ2v) is 6.58. The number of nitrogens with one attached hydrogen (secondary N) is 2. The number of amides is 2. The molecule has 0 bridgehead atoms. The molecule has 1 aromatic heterocycles. The fraction of sp³-hybridized carbons (Fsp3) is 0.158. The van der Waals surface area contributed by atoms with Crippen LogP contribution in [-0.4, -0.2) is 31.5 Å². The Morgan fingerprint density at radius 2 is 2.03 bits per heavy atom. The van der Waals surface area contributed by atoms with E-state index in [0.29, 0.717) is 17.1 Å². The van der Waals surface area contributed by atoms with Gasteiger partial charge in [0.2, 0.25) is 11.9 Å². The monoisotopic (exact) mass is 392 g/mol. The Balaban J connectivity index is 1.53. The maximum absolute atomic E-state index is 12.5. The molecule has 4 rings (SSSR count). The fourth-order valence-corrected chi connectivity index (χ4v) is 3.05. The van der Waals surface area contributed by atoms with Crippen LogP contribution in [0.1, 0.15) is 18.0 Å². The minimum Gasteiger partial charge on any atom is -0.326 e. The number of nitro groups is 1. The second kappa shape index (κ2) is 7.15. The lowest BCUT2D eigenvalue weighted by Gasteiger charge is -2.11. The van der Waals surface area contributed by atoms with Crippen molar-refractivity contribution in [2.24, 2.45) is 0 Å². The predicted octanol–water partition coefficient (Wildman–Crippen LogP) is 2.68. The van der Waals surface area contributed by atoms with Crippen LogP contribution in [0, 0.1) is 17.0 Å². The van der Waals surface area contributed by atoms with E-state index in [4.69, 9.17) is 0 Å². The molecule has 1 aliphatic heterocycles. The molecule has 0 saturated heterocycles. The first kappa shape index (κ1) is 18.3. The molecule has 29 heavy (non-hydrogen) atoms. The molecule has 10 nitrogen and oxygen atoms in total. The Morgan fingerprint density at radius 1 is 1.28 bits per heavy atom. The third-order valence-corrected chi connectivity index (χ3v) is 4.58. The van der Waals surface area contributed by atoms with Gasteiger partial charge in [-0.3, -0.25) is 25.0 Å². The van der Waals surface area contributed by atoms with Crippen molar-refractivity contribution in [2.75, 3.05) is 10.6 Å². The third-order valence-electron chi connectivity index (χ3n) is 4.58. The lowest BCUT2D eigenvalue weighted by atomic mass is 10.1. The third kappa shape index (κ3) is 3.55. The van der Waals surface area contributed by atoms with Gasteiger partial charge in [-0.25, -0.2) is 4.68 Å². The molecule has 1 aliphatic rings. The van der Waals surface area contributed by atoms with Crippen LogP contribution in [0.3, 0.4) is 0 Å². The van der Waals surface area contributed by atoms with Crippen LogP contribution in [0.25, 0.3) is 11.4 Å². The number of benzene rings is 2. The molecule has 2 N–H and O–H groups in total. The summed E-state index contributed by atoms with van der Waals surface area (Å²) < 4.78 is 1.39.